The molecule has 0 aliphatic heterocycles. The lowest BCUT2D eigenvalue weighted by atomic mass is 9.99. The highest BCUT2D eigenvalue weighted by atomic mass is 32.2. The smallest absolute Gasteiger partial charge is 0.225 e. The molecule has 26 heavy (non-hydrogen) atoms. The van der Waals surface area contributed by atoms with Gasteiger partial charge in [0.1, 0.15) is 0 Å². The molecule has 0 saturated heterocycles. The molecular weight excluding hydrogens is 344 g/mol. The minimum absolute atomic E-state index is 0.00587. The van der Waals surface area contributed by atoms with E-state index in [9.17, 15) is 13.7 Å². The van der Waals surface area contributed by atoms with Gasteiger partial charge in [-0.3, -0.25) is 0 Å². The average Bonchev–Trinajstić information content (AvgIpc) is 2.66. The molecule has 0 radical (unpaired) electrons. The first-order chi connectivity index (χ1) is 12.5. The number of hydrogen-bond donors (Lipinski definition) is 1. The Kier molecular flexibility index (Phi) is 4.99. The first-order valence-electron chi connectivity index (χ1n) is 7.88. The molecule has 0 unspecified atom stereocenters. The van der Waals surface area contributed by atoms with Crippen LogP contribution in [0.15, 0.2) is 83.8 Å². The van der Waals surface area contributed by atoms with Crippen LogP contribution in [0.2, 0.25) is 0 Å². The van der Waals surface area contributed by atoms with Gasteiger partial charge >= 0.3 is 0 Å². The summed E-state index contributed by atoms with van der Waals surface area (Å²) >= 11 is 0. The Hall–Kier alpha value is -3.20. The second-order valence-corrected chi connectivity index (χ2v) is 7.23. The zero-order chi connectivity index (χ0) is 18.6. The Labute approximate surface area is 152 Å². The van der Waals surface area contributed by atoms with Gasteiger partial charge in [-0.25, -0.2) is 13.6 Å². The van der Waals surface area contributed by atoms with Crippen molar-refractivity contribution in [3.63, 3.8) is 0 Å². The van der Waals surface area contributed by atoms with Crippen molar-refractivity contribution in [2.75, 3.05) is 0 Å². The molecule has 2 N–H and O–H groups in total. The molecule has 5 heteroatoms. The monoisotopic (exact) mass is 360 g/mol. The maximum Gasteiger partial charge on any atom is 0.238 e. The molecule has 0 aliphatic rings. The Morgan fingerprint density at radius 2 is 1.42 bits per heavy atom. The topological polar surface area (TPSA) is 83.9 Å². The third-order valence-electron chi connectivity index (χ3n) is 3.95. The van der Waals surface area contributed by atoms with Gasteiger partial charge in [0.25, 0.3) is 0 Å². The molecule has 128 valence electrons. The molecule has 0 spiro atoms. The zero-order valence-electron chi connectivity index (χ0n) is 13.8. The maximum absolute atomic E-state index is 11.7. The van der Waals surface area contributed by atoms with E-state index in [1.54, 1.807) is 18.2 Å². The molecule has 3 rings (SSSR count). The van der Waals surface area contributed by atoms with Crippen LogP contribution in [0.1, 0.15) is 11.1 Å². The summed E-state index contributed by atoms with van der Waals surface area (Å²) < 4.78 is 23.5. The second-order valence-electron chi connectivity index (χ2n) is 5.70. The lowest BCUT2D eigenvalue weighted by Gasteiger charge is -2.06. The zero-order valence-corrected chi connectivity index (χ0v) is 14.6. The summed E-state index contributed by atoms with van der Waals surface area (Å²) in [5.74, 6) is 0. The van der Waals surface area contributed by atoms with Crippen LogP contribution in [-0.4, -0.2) is 8.42 Å². The molecule has 0 atom stereocenters. The van der Waals surface area contributed by atoms with Gasteiger partial charge < -0.3 is 0 Å². The van der Waals surface area contributed by atoms with E-state index >= 15 is 0 Å². The number of primary sulfonamides is 1. The van der Waals surface area contributed by atoms with Crippen LogP contribution in [0, 0.1) is 11.3 Å². The molecular formula is C21H16N2O2S. The summed E-state index contributed by atoms with van der Waals surface area (Å²) in [6, 6.07) is 25.9. The van der Waals surface area contributed by atoms with Gasteiger partial charge in [-0.05, 0) is 34.4 Å². The normalized spacial score (nSPS) is 11.8. The van der Waals surface area contributed by atoms with E-state index < -0.39 is 10.0 Å². The van der Waals surface area contributed by atoms with E-state index in [1.165, 1.54) is 12.1 Å². The number of allylic oxidation sites excluding steroid dienone is 1. The molecule has 3 aromatic rings. The standard InChI is InChI=1S/C21H16N2O2S/c22-15-20(14-19-8-4-5-9-21(19)26(23,24)25)18-12-10-17(11-13-18)16-6-2-1-3-7-16/h1-14H,(H2,23,24,25). The molecule has 0 amide bonds. The highest BCUT2D eigenvalue weighted by Crippen LogP contribution is 2.25. The van der Waals surface area contributed by atoms with Gasteiger partial charge in [0.15, 0.2) is 0 Å². The predicted octanol–water partition coefficient (Wildman–Crippen LogP) is 4.07. The third kappa shape index (κ3) is 3.89. The molecule has 0 bridgehead atoms. The van der Waals surface area contributed by atoms with Gasteiger partial charge in [-0.15, -0.1) is 0 Å². The third-order valence-corrected chi connectivity index (χ3v) is 4.93. The number of nitrogens with two attached hydrogens (primary N) is 1. The molecule has 0 heterocycles. The van der Waals surface area contributed by atoms with E-state index in [1.807, 2.05) is 54.6 Å². The molecule has 0 fully saturated rings. The molecule has 0 saturated carbocycles. The van der Waals surface area contributed by atoms with Crippen LogP contribution in [0.5, 0.6) is 0 Å². The molecule has 0 aliphatic carbocycles. The van der Waals surface area contributed by atoms with E-state index in [4.69, 9.17) is 5.14 Å². The Balaban J connectivity index is 2.01. The predicted molar refractivity (Wildman–Crippen MR) is 103 cm³/mol. The summed E-state index contributed by atoms with van der Waals surface area (Å²) in [4.78, 5) is -0.00587. The van der Waals surface area contributed by atoms with E-state index in [0.717, 1.165) is 11.1 Å². The van der Waals surface area contributed by atoms with Crippen molar-refractivity contribution in [2.45, 2.75) is 4.90 Å². The second kappa shape index (κ2) is 7.36. The first kappa shape index (κ1) is 17.6. The summed E-state index contributed by atoms with van der Waals surface area (Å²) in [5, 5.41) is 14.8. The van der Waals surface area contributed by atoms with Crippen molar-refractivity contribution in [1.29, 1.82) is 5.26 Å². The summed E-state index contributed by atoms with van der Waals surface area (Å²) in [7, 11) is -3.87. The van der Waals surface area contributed by atoms with Gasteiger partial charge in [0.05, 0.1) is 16.5 Å². The Morgan fingerprint density at radius 1 is 0.846 bits per heavy atom. The summed E-state index contributed by atoms with van der Waals surface area (Å²) in [6.45, 7) is 0. The van der Waals surface area contributed by atoms with Crippen molar-refractivity contribution in [1.82, 2.24) is 0 Å². The molecule has 4 nitrogen and oxygen atoms in total. The van der Waals surface area contributed by atoms with Crippen molar-refractivity contribution >= 4 is 21.7 Å². The van der Waals surface area contributed by atoms with E-state index in [2.05, 4.69) is 6.07 Å². The van der Waals surface area contributed by atoms with Gasteiger partial charge in [0, 0.05) is 0 Å². The quantitative estimate of drug-likeness (QED) is 0.562. The van der Waals surface area contributed by atoms with Crippen molar-refractivity contribution in [3.8, 4) is 17.2 Å². The highest BCUT2D eigenvalue weighted by molar-refractivity contribution is 7.89. The van der Waals surface area contributed by atoms with Crippen LogP contribution in [0.4, 0.5) is 0 Å². The Bertz CT molecular complexity index is 1090. The van der Waals surface area contributed by atoms with E-state index in [-0.39, 0.29) is 4.90 Å². The largest absolute Gasteiger partial charge is 0.238 e. The SMILES string of the molecule is N#CC(=Cc1ccccc1S(N)(=O)=O)c1ccc(-c2ccccc2)cc1. The fourth-order valence-corrected chi connectivity index (χ4v) is 3.39. The van der Waals surface area contributed by atoms with Crippen LogP contribution < -0.4 is 5.14 Å². The van der Waals surface area contributed by atoms with Crippen molar-refractivity contribution in [3.05, 3.63) is 90.0 Å². The lowest BCUT2D eigenvalue weighted by Crippen LogP contribution is -2.13. The first-order valence-corrected chi connectivity index (χ1v) is 9.43. The minimum Gasteiger partial charge on any atom is -0.225 e. The summed E-state index contributed by atoms with van der Waals surface area (Å²) in [5.41, 5.74) is 3.58. The number of nitrogens with zero attached hydrogens (tertiary/aromatic N) is 1. The minimum atomic E-state index is -3.87. The molecule has 0 aromatic heterocycles. The van der Waals surface area contributed by atoms with Crippen molar-refractivity contribution < 1.29 is 8.42 Å². The van der Waals surface area contributed by atoms with Crippen LogP contribution in [-0.2, 0) is 10.0 Å². The maximum atomic E-state index is 11.7. The van der Waals surface area contributed by atoms with Crippen molar-refractivity contribution in [2.24, 2.45) is 5.14 Å². The number of sulfonamides is 1. The van der Waals surface area contributed by atoms with E-state index in [0.29, 0.717) is 16.7 Å². The number of rotatable bonds is 4. The average molecular weight is 360 g/mol. The fourth-order valence-electron chi connectivity index (χ4n) is 2.67. The number of benzene rings is 3. The molecule has 3 aromatic carbocycles. The van der Waals surface area contributed by atoms with Gasteiger partial charge in [-0.1, -0.05) is 72.8 Å². The number of nitriles is 1. The lowest BCUT2D eigenvalue weighted by molar-refractivity contribution is 0.597. The number of hydrogen-bond acceptors (Lipinski definition) is 3. The van der Waals surface area contributed by atoms with Crippen LogP contribution in [0.3, 0.4) is 0 Å². The fraction of sp³-hybridized carbons (Fsp3) is 0. The van der Waals surface area contributed by atoms with Gasteiger partial charge in [0.2, 0.25) is 10.0 Å². The summed E-state index contributed by atoms with van der Waals surface area (Å²) in [6.07, 6.45) is 1.54. The van der Waals surface area contributed by atoms with Gasteiger partial charge in [-0.2, -0.15) is 5.26 Å². The van der Waals surface area contributed by atoms with Crippen LogP contribution >= 0.6 is 0 Å². The highest BCUT2D eigenvalue weighted by Gasteiger charge is 2.12. The Morgan fingerprint density at radius 3 is 2.04 bits per heavy atom. The van der Waals surface area contributed by atoms with Crippen LogP contribution in [0.25, 0.3) is 22.8 Å².